The molecular formula is C16H24N2O2. The normalized spacial score (nSPS) is 25.6. The van der Waals surface area contributed by atoms with E-state index in [1.54, 1.807) is 0 Å². The van der Waals surface area contributed by atoms with E-state index in [4.69, 9.17) is 5.73 Å². The molecule has 1 fully saturated rings. The van der Waals surface area contributed by atoms with Gasteiger partial charge in [0.2, 0.25) is 5.91 Å². The highest BCUT2D eigenvalue weighted by molar-refractivity contribution is 5.76. The van der Waals surface area contributed by atoms with Crippen LogP contribution in [0.2, 0.25) is 0 Å². The Labute approximate surface area is 120 Å². The first-order chi connectivity index (χ1) is 9.41. The zero-order chi connectivity index (χ0) is 14.8. The van der Waals surface area contributed by atoms with Crippen molar-refractivity contribution in [1.29, 1.82) is 0 Å². The van der Waals surface area contributed by atoms with Crippen molar-refractivity contribution in [2.75, 3.05) is 0 Å². The highest BCUT2D eigenvalue weighted by atomic mass is 16.3. The number of benzene rings is 1. The molecule has 3 unspecified atom stereocenters. The number of hydrogen-bond donors (Lipinski definition) is 3. The summed E-state index contributed by atoms with van der Waals surface area (Å²) in [6, 6.07) is 9.77. The van der Waals surface area contributed by atoms with E-state index in [9.17, 15) is 9.90 Å². The Morgan fingerprint density at radius 3 is 2.65 bits per heavy atom. The van der Waals surface area contributed by atoms with E-state index in [-0.39, 0.29) is 29.5 Å². The molecule has 0 spiro atoms. The lowest BCUT2D eigenvalue weighted by Crippen LogP contribution is -2.61. The van der Waals surface area contributed by atoms with Gasteiger partial charge >= 0.3 is 0 Å². The van der Waals surface area contributed by atoms with Crippen molar-refractivity contribution in [2.45, 2.75) is 51.3 Å². The summed E-state index contributed by atoms with van der Waals surface area (Å²) in [7, 11) is 0. The molecule has 1 aromatic carbocycles. The van der Waals surface area contributed by atoms with Crippen LogP contribution in [-0.2, 0) is 4.79 Å². The second kappa shape index (κ2) is 5.94. The first kappa shape index (κ1) is 15.0. The van der Waals surface area contributed by atoms with Crippen LogP contribution in [-0.4, -0.2) is 23.2 Å². The Balaban J connectivity index is 1.76. The molecule has 110 valence electrons. The molecule has 0 bridgehead atoms. The minimum atomic E-state index is -0.320. The summed E-state index contributed by atoms with van der Waals surface area (Å²) in [5.41, 5.74) is 6.91. The molecule has 0 radical (unpaired) electrons. The van der Waals surface area contributed by atoms with Crippen molar-refractivity contribution in [2.24, 2.45) is 11.1 Å². The van der Waals surface area contributed by atoms with Crippen LogP contribution in [0.3, 0.4) is 0 Å². The molecule has 4 heteroatoms. The van der Waals surface area contributed by atoms with Gasteiger partial charge in [-0.2, -0.15) is 0 Å². The molecule has 2 rings (SSSR count). The second-order valence-corrected chi connectivity index (χ2v) is 6.25. The predicted octanol–water partition coefficient (Wildman–Crippen LogP) is 1.74. The Morgan fingerprint density at radius 2 is 2.10 bits per heavy atom. The Kier molecular flexibility index (Phi) is 4.45. The van der Waals surface area contributed by atoms with Gasteiger partial charge in [0, 0.05) is 23.9 Å². The standard InChI is InChI=1S/C16H24N2O2/c1-16(2)13(10-14(16)19)18-15(20)9-8-12(17)11-6-4-3-5-7-11/h3-7,12-14,19H,8-10,17H2,1-2H3,(H,18,20). The summed E-state index contributed by atoms with van der Waals surface area (Å²) >= 11 is 0. The van der Waals surface area contributed by atoms with Crippen LogP contribution < -0.4 is 11.1 Å². The van der Waals surface area contributed by atoms with Crippen LogP contribution in [0, 0.1) is 5.41 Å². The van der Waals surface area contributed by atoms with Crippen LogP contribution in [0.5, 0.6) is 0 Å². The maximum atomic E-state index is 11.9. The maximum Gasteiger partial charge on any atom is 0.220 e. The Bertz CT molecular complexity index is 459. The van der Waals surface area contributed by atoms with Crippen LogP contribution in [0.15, 0.2) is 30.3 Å². The summed E-state index contributed by atoms with van der Waals surface area (Å²) in [6.07, 6.45) is 1.37. The molecule has 0 heterocycles. The van der Waals surface area contributed by atoms with Gasteiger partial charge in [-0.3, -0.25) is 4.79 Å². The van der Waals surface area contributed by atoms with Crippen LogP contribution in [0.4, 0.5) is 0 Å². The van der Waals surface area contributed by atoms with Crippen molar-refractivity contribution in [3.8, 4) is 0 Å². The summed E-state index contributed by atoms with van der Waals surface area (Å²) < 4.78 is 0. The lowest BCUT2D eigenvalue weighted by molar-refractivity contribution is -0.129. The monoisotopic (exact) mass is 276 g/mol. The topological polar surface area (TPSA) is 75.3 Å². The van der Waals surface area contributed by atoms with Crippen LogP contribution in [0.25, 0.3) is 0 Å². The number of carbonyl (C=O) groups is 1. The number of hydrogen-bond acceptors (Lipinski definition) is 3. The molecule has 1 aliphatic rings. The summed E-state index contributed by atoms with van der Waals surface area (Å²) in [5, 5.41) is 12.6. The number of carbonyl (C=O) groups excluding carboxylic acids is 1. The smallest absolute Gasteiger partial charge is 0.220 e. The van der Waals surface area contributed by atoms with E-state index in [0.29, 0.717) is 19.3 Å². The number of amides is 1. The van der Waals surface area contributed by atoms with Gasteiger partial charge in [0.15, 0.2) is 0 Å². The van der Waals surface area contributed by atoms with Crippen molar-refractivity contribution < 1.29 is 9.90 Å². The van der Waals surface area contributed by atoms with Crippen molar-refractivity contribution in [3.05, 3.63) is 35.9 Å². The zero-order valence-corrected chi connectivity index (χ0v) is 12.2. The maximum absolute atomic E-state index is 11.9. The molecule has 4 N–H and O–H groups in total. The van der Waals surface area contributed by atoms with Gasteiger partial charge in [-0.15, -0.1) is 0 Å². The van der Waals surface area contributed by atoms with E-state index in [0.717, 1.165) is 5.56 Å². The van der Waals surface area contributed by atoms with Crippen LogP contribution >= 0.6 is 0 Å². The summed E-state index contributed by atoms with van der Waals surface area (Å²) in [5.74, 6) is 0.0151. The zero-order valence-electron chi connectivity index (χ0n) is 12.2. The molecule has 0 saturated heterocycles. The van der Waals surface area contributed by atoms with E-state index >= 15 is 0 Å². The van der Waals surface area contributed by atoms with Gasteiger partial charge in [0.25, 0.3) is 0 Å². The molecule has 0 aromatic heterocycles. The number of aliphatic hydroxyl groups excluding tert-OH is 1. The highest BCUT2D eigenvalue weighted by Gasteiger charge is 2.47. The molecule has 3 atom stereocenters. The van der Waals surface area contributed by atoms with Gasteiger partial charge in [-0.25, -0.2) is 0 Å². The SMILES string of the molecule is CC1(C)C(O)CC1NC(=O)CCC(N)c1ccccc1. The molecule has 0 aliphatic heterocycles. The third-order valence-corrected chi connectivity index (χ3v) is 4.46. The fraction of sp³-hybridized carbons (Fsp3) is 0.562. The fourth-order valence-corrected chi connectivity index (χ4v) is 2.57. The first-order valence-electron chi connectivity index (χ1n) is 7.19. The summed E-state index contributed by atoms with van der Waals surface area (Å²) in [4.78, 5) is 11.9. The molecule has 1 aliphatic carbocycles. The van der Waals surface area contributed by atoms with Gasteiger partial charge in [-0.1, -0.05) is 44.2 Å². The number of rotatable bonds is 5. The lowest BCUT2D eigenvalue weighted by atomic mass is 9.64. The van der Waals surface area contributed by atoms with E-state index in [2.05, 4.69) is 5.32 Å². The summed E-state index contributed by atoms with van der Waals surface area (Å²) in [6.45, 7) is 3.95. The fourth-order valence-electron chi connectivity index (χ4n) is 2.57. The molecule has 1 saturated carbocycles. The minimum absolute atomic E-state index is 0.0151. The largest absolute Gasteiger partial charge is 0.392 e. The van der Waals surface area contributed by atoms with Gasteiger partial charge in [-0.05, 0) is 18.4 Å². The third kappa shape index (κ3) is 3.19. The highest BCUT2D eigenvalue weighted by Crippen LogP contribution is 2.40. The minimum Gasteiger partial charge on any atom is -0.392 e. The van der Waals surface area contributed by atoms with Crippen molar-refractivity contribution in [3.63, 3.8) is 0 Å². The van der Waals surface area contributed by atoms with Crippen molar-refractivity contribution >= 4 is 5.91 Å². The number of nitrogens with two attached hydrogens (primary N) is 1. The lowest BCUT2D eigenvalue weighted by Gasteiger charge is -2.49. The Morgan fingerprint density at radius 1 is 1.45 bits per heavy atom. The number of nitrogens with one attached hydrogen (secondary N) is 1. The van der Waals surface area contributed by atoms with Crippen LogP contribution in [0.1, 0.15) is 44.7 Å². The quantitative estimate of drug-likeness (QED) is 0.767. The van der Waals surface area contributed by atoms with Crippen molar-refractivity contribution in [1.82, 2.24) is 5.32 Å². The van der Waals surface area contributed by atoms with Gasteiger partial charge in [0.1, 0.15) is 0 Å². The van der Waals surface area contributed by atoms with Gasteiger partial charge < -0.3 is 16.2 Å². The van der Waals surface area contributed by atoms with E-state index in [1.807, 2.05) is 44.2 Å². The second-order valence-electron chi connectivity index (χ2n) is 6.25. The van der Waals surface area contributed by atoms with Gasteiger partial charge in [0.05, 0.1) is 6.10 Å². The van der Waals surface area contributed by atoms with E-state index in [1.165, 1.54) is 0 Å². The number of aliphatic hydroxyl groups is 1. The third-order valence-electron chi connectivity index (χ3n) is 4.46. The average Bonchev–Trinajstić information content (AvgIpc) is 2.45. The molecule has 1 aromatic rings. The van der Waals surface area contributed by atoms with E-state index < -0.39 is 0 Å². The Hall–Kier alpha value is -1.39. The first-order valence-corrected chi connectivity index (χ1v) is 7.19. The molecule has 1 amide bonds. The predicted molar refractivity (Wildman–Crippen MR) is 78.9 cm³/mol. The average molecular weight is 276 g/mol. The molecule has 20 heavy (non-hydrogen) atoms. The molecule has 4 nitrogen and oxygen atoms in total. The molecular weight excluding hydrogens is 252 g/mol.